The molecule has 0 spiro atoms. The van der Waals surface area contributed by atoms with Gasteiger partial charge in [0.05, 0.1) is 11.0 Å². The van der Waals surface area contributed by atoms with Crippen LogP contribution in [0.15, 0.2) is 189 Å². The number of aromatic nitrogens is 2. The lowest BCUT2D eigenvalue weighted by atomic mass is 9.95. The maximum atomic E-state index is 9.69. The second kappa shape index (κ2) is 16.4. The number of fused-ring (bicyclic) bond motifs is 15. The number of nitrogens with two attached hydrogens (primary N) is 1. The fourth-order valence-corrected chi connectivity index (χ4v) is 7.90. The van der Waals surface area contributed by atoms with Gasteiger partial charge in [0.15, 0.2) is 5.78 Å². The van der Waals surface area contributed by atoms with Crippen molar-refractivity contribution in [2.45, 2.75) is 20.8 Å². The van der Waals surface area contributed by atoms with E-state index >= 15 is 0 Å². The van der Waals surface area contributed by atoms with E-state index in [4.69, 9.17) is 10.7 Å². The minimum Gasteiger partial charge on any atom is -0.398 e. The maximum Gasteiger partial charge on any atom is 0.152 e. The molecule has 0 aliphatic heterocycles. The van der Waals surface area contributed by atoms with Crippen molar-refractivity contribution in [2.24, 2.45) is 0 Å². The quantitative estimate of drug-likeness (QED) is 0.103. The number of carbonyl (C=O) groups is 1. The van der Waals surface area contributed by atoms with Crippen LogP contribution in [0, 0.1) is 13.8 Å². The fraction of sp³-hybridized carbons (Fsp3) is 0.0556. The molecule has 11 aromatic rings. The van der Waals surface area contributed by atoms with Crippen molar-refractivity contribution in [1.29, 1.82) is 0 Å². The highest BCUT2D eigenvalue weighted by Crippen LogP contribution is 2.36. The molecule has 0 fully saturated rings. The van der Waals surface area contributed by atoms with E-state index in [1.54, 1.807) is 0 Å². The lowest BCUT2D eigenvalue weighted by molar-refractivity contribution is -0.112. The van der Waals surface area contributed by atoms with Crippen molar-refractivity contribution in [2.75, 3.05) is 5.73 Å². The third kappa shape index (κ3) is 7.20. The summed E-state index contributed by atoms with van der Waals surface area (Å²) in [5.74, 6) is 0.0185. The Balaban J connectivity index is 0.000000115. The van der Waals surface area contributed by atoms with Crippen LogP contribution in [0.5, 0.6) is 0 Å². The number of nitrogens with zero attached hydrogens (tertiary/aromatic N) is 2. The van der Waals surface area contributed by atoms with Crippen LogP contribution in [0.3, 0.4) is 0 Å². The normalized spacial score (nSPS) is 10.9. The van der Waals surface area contributed by atoms with Gasteiger partial charge >= 0.3 is 0 Å². The zero-order valence-corrected chi connectivity index (χ0v) is 32.9. The van der Waals surface area contributed by atoms with Gasteiger partial charge in [-0.15, -0.1) is 0 Å². The molecule has 11 rings (SSSR count). The highest BCUT2D eigenvalue weighted by atomic mass is 16.1. The molecule has 0 atom stereocenters. The van der Waals surface area contributed by atoms with Gasteiger partial charge in [0, 0.05) is 44.5 Å². The summed E-state index contributed by atoms with van der Waals surface area (Å²) in [5.41, 5.74) is 11.4. The molecular formula is C54H43N3O. The summed E-state index contributed by atoms with van der Waals surface area (Å²) in [6.07, 6.45) is 3.18. The Morgan fingerprint density at radius 3 is 1.45 bits per heavy atom. The SMILES string of the molecule is C=CC(C)=O.Cc1ccc2c3ccccc3c3ccccc3c2n1.Cc1ccnc2c3ccccc3c3ccccc3c12.Nc1cc2ccccc2c2ccccc12. The summed E-state index contributed by atoms with van der Waals surface area (Å²) in [4.78, 5) is 19.1. The van der Waals surface area contributed by atoms with Crippen LogP contribution < -0.4 is 5.73 Å². The highest BCUT2D eigenvalue weighted by Gasteiger charge is 2.11. The number of benzene rings is 9. The molecule has 4 nitrogen and oxygen atoms in total. The van der Waals surface area contributed by atoms with Crippen LogP contribution in [0.25, 0.3) is 86.4 Å². The Hall–Kier alpha value is -7.43. The minimum absolute atomic E-state index is 0.0185. The van der Waals surface area contributed by atoms with Gasteiger partial charge in [-0.2, -0.15) is 0 Å². The van der Waals surface area contributed by atoms with E-state index in [-0.39, 0.29) is 5.78 Å². The third-order valence-electron chi connectivity index (χ3n) is 10.6. The van der Waals surface area contributed by atoms with E-state index in [0.29, 0.717) is 0 Å². The standard InChI is InChI=1S/2C18H13N.C14H11N.C4H6O/c1-12-10-11-19-18-16-9-5-3-7-14(16)13-6-2-4-8-15(13)17(12)18;1-12-10-11-17-15-8-3-2-6-13(15)14-7-4-5-9-16(14)18(17)19-12;15-14-9-10-5-1-2-6-11(10)12-7-3-4-8-13(12)14;1-3-4(2)5/h2*2-11H,1H3;1-9H,15H2;3H,1H2,2H3. The molecule has 4 heteroatoms. The number of carbonyl (C=O) groups excluding carboxylic acids is 1. The number of ketones is 1. The molecule has 0 saturated heterocycles. The molecular weight excluding hydrogens is 707 g/mol. The van der Waals surface area contributed by atoms with Gasteiger partial charge in [-0.25, -0.2) is 0 Å². The van der Waals surface area contributed by atoms with E-state index < -0.39 is 0 Å². The lowest BCUT2D eigenvalue weighted by Gasteiger charge is -2.10. The Morgan fingerprint density at radius 2 is 0.897 bits per heavy atom. The van der Waals surface area contributed by atoms with Crippen molar-refractivity contribution in [1.82, 2.24) is 9.97 Å². The molecule has 0 aliphatic carbocycles. The molecule has 0 radical (unpaired) electrons. The largest absolute Gasteiger partial charge is 0.398 e. The van der Waals surface area contributed by atoms with Gasteiger partial charge in [-0.3, -0.25) is 14.8 Å². The van der Waals surface area contributed by atoms with Crippen LogP contribution in [0.1, 0.15) is 18.2 Å². The van der Waals surface area contributed by atoms with Crippen molar-refractivity contribution >= 4 is 97.9 Å². The first-order valence-corrected chi connectivity index (χ1v) is 19.4. The molecule has 0 unspecified atom stereocenters. The van der Waals surface area contributed by atoms with Crippen molar-refractivity contribution in [3.63, 3.8) is 0 Å². The topological polar surface area (TPSA) is 68.9 Å². The second-order valence-corrected chi connectivity index (χ2v) is 14.4. The Bertz CT molecular complexity index is 3190. The molecule has 0 saturated carbocycles. The predicted octanol–water partition coefficient (Wildman–Crippen LogP) is 14.0. The fourth-order valence-electron chi connectivity index (χ4n) is 7.90. The molecule has 9 aromatic carbocycles. The van der Waals surface area contributed by atoms with Gasteiger partial charge in [0.25, 0.3) is 0 Å². The van der Waals surface area contributed by atoms with Crippen LogP contribution >= 0.6 is 0 Å². The number of hydrogen-bond donors (Lipinski definition) is 1. The maximum absolute atomic E-state index is 9.69. The number of aryl methyl sites for hydroxylation is 2. The summed E-state index contributed by atoms with van der Waals surface area (Å²) >= 11 is 0. The Morgan fingerprint density at radius 1 is 0.500 bits per heavy atom. The first kappa shape index (κ1) is 37.5. The highest BCUT2D eigenvalue weighted by molar-refractivity contribution is 6.25. The molecule has 0 aliphatic rings. The number of hydrogen-bond acceptors (Lipinski definition) is 4. The summed E-state index contributed by atoms with van der Waals surface area (Å²) in [7, 11) is 0. The molecule has 2 N–H and O–H groups in total. The van der Waals surface area contributed by atoms with Crippen molar-refractivity contribution in [3.05, 3.63) is 200 Å². The summed E-state index contributed by atoms with van der Waals surface area (Å²) in [5, 5.41) is 17.6. The number of nitrogen functional groups attached to an aromatic ring is 1. The number of pyridine rings is 2. The third-order valence-corrected chi connectivity index (χ3v) is 10.6. The molecule has 280 valence electrons. The van der Waals surface area contributed by atoms with E-state index in [1.165, 1.54) is 88.6 Å². The van der Waals surface area contributed by atoms with Crippen molar-refractivity contribution < 1.29 is 4.79 Å². The predicted molar refractivity (Wildman–Crippen MR) is 250 cm³/mol. The first-order valence-electron chi connectivity index (χ1n) is 19.4. The van der Waals surface area contributed by atoms with Crippen LogP contribution in [-0.2, 0) is 4.79 Å². The second-order valence-electron chi connectivity index (χ2n) is 14.4. The van der Waals surface area contributed by atoms with Gasteiger partial charge in [-0.1, -0.05) is 158 Å². The average Bonchev–Trinajstić information content (AvgIpc) is 3.27. The average molecular weight is 750 g/mol. The van der Waals surface area contributed by atoms with Crippen molar-refractivity contribution in [3.8, 4) is 0 Å². The molecule has 0 bridgehead atoms. The molecule has 2 heterocycles. The smallest absolute Gasteiger partial charge is 0.152 e. The number of rotatable bonds is 1. The van der Waals surface area contributed by atoms with E-state index in [1.807, 2.05) is 37.4 Å². The van der Waals surface area contributed by atoms with Gasteiger partial charge in [0.2, 0.25) is 0 Å². The monoisotopic (exact) mass is 749 g/mol. The van der Waals surface area contributed by atoms with Crippen LogP contribution in [0.4, 0.5) is 5.69 Å². The summed E-state index contributed by atoms with van der Waals surface area (Å²) < 4.78 is 0. The Labute approximate surface area is 337 Å². The minimum atomic E-state index is 0.0185. The number of allylic oxidation sites excluding steroid dienone is 1. The van der Waals surface area contributed by atoms with Gasteiger partial charge in [0.1, 0.15) is 0 Å². The van der Waals surface area contributed by atoms with Crippen LogP contribution in [-0.4, -0.2) is 15.8 Å². The lowest BCUT2D eigenvalue weighted by Crippen LogP contribution is -1.87. The summed E-state index contributed by atoms with van der Waals surface area (Å²) in [6, 6.07) is 59.2. The first-order chi connectivity index (χ1) is 28.3. The summed E-state index contributed by atoms with van der Waals surface area (Å²) in [6.45, 7) is 8.88. The number of anilines is 1. The van der Waals surface area contributed by atoms with E-state index in [0.717, 1.165) is 27.8 Å². The molecule has 0 amide bonds. The van der Waals surface area contributed by atoms with Gasteiger partial charge in [-0.05, 0) is 99.1 Å². The van der Waals surface area contributed by atoms with E-state index in [9.17, 15) is 4.79 Å². The van der Waals surface area contributed by atoms with E-state index in [2.05, 4.69) is 164 Å². The Kier molecular flexibility index (Phi) is 10.6. The molecule has 2 aromatic heterocycles. The zero-order valence-electron chi connectivity index (χ0n) is 32.9. The zero-order chi connectivity index (χ0) is 40.2. The van der Waals surface area contributed by atoms with Gasteiger partial charge < -0.3 is 5.73 Å². The van der Waals surface area contributed by atoms with Crippen LogP contribution in [0.2, 0.25) is 0 Å². The molecule has 58 heavy (non-hydrogen) atoms.